The first-order valence-electron chi connectivity index (χ1n) is 6.81. The van der Waals surface area contributed by atoms with E-state index in [-0.39, 0.29) is 17.2 Å². The number of likely N-dealkylation sites (tertiary alicyclic amines) is 1. The van der Waals surface area contributed by atoms with Crippen LogP contribution in [0.25, 0.3) is 0 Å². The summed E-state index contributed by atoms with van der Waals surface area (Å²) in [6, 6.07) is 3.72. The lowest BCUT2D eigenvalue weighted by Gasteiger charge is -2.29. The van der Waals surface area contributed by atoms with E-state index in [1.54, 1.807) is 11.8 Å². The highest BCUT2D eigenvalue weighted by Crippen LogP contribution is 2.18. The molecule has 1 atom stereocenters. The van der Waals surface area contributed by atoms with E-state index in [1.807, 2.05) is 0 Å². The van der Waals surface area contributed by atoms with Gasteiger partial charge in [0.25, 0.3) is 5.91 Å². The zero-order valence-electron chi connectivity index (χ0n) is 11.5. The number of aldehydes is 1. The van der Waals surface area contributed by atoms with E-state index in [0.717, 1.165) is 38.4 Å². The summed E-state index contributed by atoms with van der Waals surface area (Å²) < 4.78 is 18.7. The number of amides is 1. The molecule has 1 aromatic rings. The summed E-state index contributed by atoms with van der Waals surface area (Å²) in [5, 5.41) is 0. The second-order valence-corrected chi connectivity index (χ2v) is 4.98. The monoisotopic (exact) mass is 279 g/mol. The fourth-order valence-corrected chi connectivity index (χ4v) is 2.35. The van der Waals surface area contributed by atoms with Crippen LogP contribution in [-0.2, 0) is 4.79 Å². The average Bonchev–Trinajstić information content (AvgIpc) is 2.46. The van der Waals surface area contributed by atoms with Crippen molar-refractivity contribution in [3.8, 4) is 5.75 Å². The van der Waals surface area contributed by atoms with Crippen LogP contribution >= 0.6 is 0 Å². The molecule has 0 radical (unpaired) electrons. The molecule has 0 N–H and O–H groups in total. The fraction of sp³-hybridized carbons (Fsp3) is 0.467. The number of rotatable bonds is 4. The number of halogens is 1. The van der Waals surface area contributed by atoms with E-state index in [2.05, 4.69) is 0 Å². The Hall–Kier alpha value is -1.91. The Morgan fingerprint density at radius 1 is 1.30 bits per heavy atom. The van der Waals surface area contributed by atoms with Gasteiger partial charge in [-0.2, -0.15) is 0 Å². The molecule has 20 heavy (non-hydrogen) atoms. The first-order valence-corrected chi connectivity index (χ1v) is 6.81. The van der Waals surface area contributed by atoms with Gasteiger partial charge in [0.05, 0.1) is 0 Å². The Morgan fingerprint density at radius 3 is 2.65 bits per heavy atom. The molecule has 2 rings (SSSR count). The third-order valence-corrected chi connectivity index (χ3v) is 3.36. The maximum atomic E-state index is 13.3. The number of carbonyl (C=O) groups excluding carboxylic acids is 2. The number of nitrogens with zero attached hydrogens (tertiary/aromatic N) is 1. The van der Waals surface area contributed by atoms with Gasteiger partial charge < -0.3 is 9.64 Å². The molecule has 4 nitrogen and oxygen atoms in total. The van der Waals surface area contributed by atoms with Crippen molar-refractivity contribution in [1.29, 1.82) is 0 Å². The lowest BCUT2D eigenvalue weighted by atomic mass is 10.1. The molecule has 1 heterocycles. The summed E-state index contributed by atoms with van der Waals surface area (Å²) in [5.41, 5.74) is 0.192. The molecule has 0 spiro atoms. The molecule has 108 valence electrons. The maximum Gasteiger partial charge on any atom is 0.263 e. The van der Waals surface area contributed by atoms with Gasteiger partial charge in [-0.1, -0.05) is 0 Å². The zero-order chi connectivity index (χ0) is 14.5. The lowest BCUT2D eigenvalue weighted by Crippen LogP contribution is -2.43. The number of carbonyl (C=O) groups is 2. The standard InChI is InChI=1S/C15H18FNO3/c1-11(15(19)17-5-3-2-4-6-17)20-14-8-12(10-18)7-13(16)9-14/h7-11H,2-6H2,1H3. The molecule has 1 amide bonds. The number of hydrogen-bond acceptors (Lipinski definition) is 3. The van der Waals surface area contributed by atoms with Crippen LogP contribution in [0.4, 0.5) is 4.39 Å². The number of piperidine rings is 1. The Bertz CT molecular complexity index is 498. The van der Waals surface area contributed by atoms with Gasteiger partial charge in [-0.25, -0.2) is 4.39 Å². The highest BCUT2D eigenvalue weighted by molar-refractivity contribution is 5.81. The molecule has 5 heteroatoms. The third-order valence-electron chi connectivity index (χ3n) is 3.36. The van der Waals surface area contributed by atoms with Crippen molar-refractivity contribution in [2.24, 2.45) is 0 Å². The highest BCUT2D eigenvalue weighted by Gasteiger charge is 2.23. The molecular formula is C15H18FNO3. The normalized spacial score (nSPS) is 16.6. The molecule has 0 bridgehead atoms. The minimum absolute atomic E-state index is 0.0957. The van der Waals surface area contributed by atoms with Crippen molar-refractivity contribution < 1.29 is 18.7 Å². The Balaban J connectivity index is 2.03. The topological polar surface area (TPSA) is 46.6 Å². The van der Waals surface area contributed by atoms with E-state index in [1.165, 1.54) is 12.1 Å². The van der Waals surface area contributed by atoms with Crippen molar-refractivity contribution in [1.82, 2.24) is 4.90 Å². The molecule has 0 aromatic heterocycles. The molecule has 0 aliphatic carbocycles. The molecule has 1 fully saturated rings. The summed E-state index contributed by atoms with van der Waals surface area (Å²) in [6.45, 7) is 3.13. The van der Waals surface area contributed by atoms with Crippen molar-refractivity contribution >= 4 is 12.2 Å². The van der Waals surface area contributed by atoms with Crippen LogP contribution in [0, 0.1) is 5.82 Å². The molecule has 0 saturated carbocycles. The summed E-state index contributed by atoms with van der Waals surface area (Å²) in [6.07, 6.45) is 3.02. The fourth-order valence-electron chi connectivity index (χ4n) is 2.35. The summed E-state index contributed by atoms with van der Waals surface area (Å²) in [5.74, 6) is -0.450. The molecule has 1 saturated heterocycles. The molecular weight excluding hydrogens is 261 g/mol. The molecule has 1 unspecified atom stereocenters. The van der Waals surface area contributed by atoms with Gasteiger partial charge in [-0.05, 0) is 38.3 Å². The van der Waals surface area contributed by atoms with Crippen LogP contribution < -0.4 is 4.74 Å². The lowest BCUT2D eigenvalue weighted by molar-refractivity contribution is -0.138. The van der Waals surface area contributed by atoms with Crippen LogP contribution in [-0.4, -0.2) is 36.3 Å². The Labute approximate surface area is 117 Å². The summed E-state index contributed by atoms with van der Waals surface area (Å²) >= 11 is 0. The Kier molecular flexibility index (Phi) is 4.71. The molecule has 1 aromatic carbocycles. The minimum atomic E-state index is -0.686. The average molecular weight is 279 g/mol. The van der Waals surface area contributed by atoms with Crippen LogP contribution in [0.2, 0.25) is 0 Å². The first-order chi connectivity index (χ1) is 9.60. The molecule has 1 aliphatic rings. The van der Waals surface area contributed by atoms with Gasteiger partial charge in [0.15, 0.2) is 6.10 Å². The van der Waals surface area contributed by atoms with Crippen LogP contribution in [0.15, 0.2) is 18.2 Å². The second-order valence-electron chi connectivity index (χ2n) is 4.98. The van der Waals surface area contributed by atoms with Crippen molar-refractivity contribution in [3.63, 3.8) is 0 Å². The second kappa shape index (κ2) is 6.50. The van der Waals surface area contributed by atoms with Gasteiger partial charge in [-0.15, -0.1) is 0 Å². The number of ether oxygens (including phenoxy) is 1. The largest absolute Gasteiger partial charge is 0.481 e. The Morgan fingerprint density at radius 2 is 2.00 bits per heavy atom. The van der Waals surface area contributed by atoms with Crippen molar-refractivity contribution in [2.45, 2.75) is 32.3 Å². The van der Waals surface area contributed by atoms with Gasteiger partial charge in [0.2, 0.25) is 0 Å². The van der Waals surface area contributed by atoms with Gasteiger partial charge in [-0.3, -0.25) is 9.59 Å². The van der Waals surface area contributed by atoms with Crippen LogP contribution in [0.3, 0.4) is 0 Å². The zero-order valence-corrected chi connectivity index (χ0v) is 11.5. The maximum absolute atomic E-state index is 13.3. The van der Waals surface area contributed by atoms with E-state index < -0.39 is 11.9 Å². The SMILES string of the molecule is CC(Oc1cc(F)cc(C=O)c1)C(=O)N1CCCCC1. The van der Waals surface area contributed by atoms with Crippen LogP contribution in [0.1, 0.15) is 36.5 Å². The van der Waals surface area contributed by atoms with E-state index >= 15 is 0 Å². The van der Waals surface area contributed by atoms with Crippen molar-refractivity contribution in [2.75, 3.05) is 13.1 Å². The van der Waals surface area contributed by atoms with Gasteiger partial charge >= 0.3 is 0 Å². The first kappa shape index (κ1) is 14.5. The van der Waals surface area contributed by atoms with Crippen molar-refractivity contribution in [3.05, 3.63) is 29.6 Å². The smallest absolute Gasteiger partial charge is 0.263 e. The third kappa shape index (κ3) is 3.56. The van der Waals surface area contributed by atoms with Crippen LogP contribution in [0.5, 0.6) is 5.75 Å². The predicted molar refractivity (Wildman–Crippen MR) is 72.3 cm³/mol. The summed E-state index contributed by atoms with van der Waals surface area (Å²) in [4.78, 5) is 24.6. The molecule has 1 aliphatic heterocycles. The van der Waals surface area contributed by atoms with Gasteiger partial charge in [0.1, 0.15) is 17.9 Å². The van der Waals surface area contributed by atoms with Gasteiger partial charge in [0, 0.05) is 24.7 Å². The minimum Gasteiger partial charge on any atom is -0.481 e. The highest BCUT2D eigenvalue weighted by atomic mass is 19.1. The predicted octanol–water partition coefficient (Wildman–Crippen LogP) is 2.42. The summed E-state index contributed by atoms with van der Waals surface area (Å²) in [7, 11) is 0. The van der Waals surface area contributed by atoms with E-state index in [4.69, 9.17) is 4.74 Å². The van der Waals surface area contributed by atoms with E-state index in [0.29, 0.717) is 6.29 Å². The van der Waals surface area contributed by atoms with E-state index in [9.17, 15) is 14.0 Å². The quantitative estimate of drug-likeness (QED) is 0.795. The number of hydrogen-bond donors (Lipinski definition) is 0. The number of benzene rings is 1.